The summed E-state index contributed by atoms with van der Waals surface area (Å²) < 4.78 is 0. The molecular weight excluding hydrogens is 216 g/mol. The van der Waals surface area contributed by atoms with Gasteiger partial charge in [-0.2, -0.15) is 0 Å². The first-order chi connectivity index (χ1) is 8.26. The number of amides is 1. The van der Waals surface area contributed by atoms with Crippen molar-refractivity contribution < 1.29 is 4.79 Å². The van der Waals surface area contributed by atoms with Crippen molar-refractivity contribution >= 4 is 11.9 Å². The number of hydrogen-bond donors (Lipinski definition) is 3. The summed E-state index contributed by atoms with van der Waals surface area (Å²) in [7, 11) is 0. The van der Waals surface area contributed by atoms with Gasteiger partial charge in [-0.1, -0.05) is 19.8 Å². The molecular formula is C12H22N4O. The van der Waals surface area contributed by atoms with E-state index in [1.165, 1.54) is 0 Å². The first-order valence-corrected chi connectivity index (χ1v) is 6.25. The van der Waals surface area contributed by atoms with E-state index >= 15 is 0 Å². The fourth-order valence-corrected chi connectivity index (χ4v) is 1.94. The van der Waals surface area contributed by atoms with Gasteiger partial charge in [0, 0.05) is 18.8 Å². The Morgan fingerprint density at radius 2 is 2.35 bits per heavy atom. The minimum absolute atomic E-state index is 0.0121. The molecule has 0 aliphatic carbocycles. The molecule has 0 aliphatic heterocycles. The summed E-state index contributed by atoms with van der Waals surface area (Å²) in [4.78, 5) is 18.4. The number of aromatic amines is 1. The maximum atomic E-state index is 11.6. The number of imidazole rings is 1. The summed E-state index contributed by atoms with van der Waals surface area (Å²) in [5, 5.41) is 2.72. The van der Waals surface area contributed by atoms with Gasteiger partial charge in [0.1, 0.15) is 0 Å². The van der Waals surface area contributed by atoms with Crippen molar-refractivity contribution in [2.75, 3.05) is 11.9 Å². The van der Waals surface area contributed by atoms with Crippen molar-refractivity contribution in [1.82, 2.24) is 9.97 Å². The zero-order valence-corrected chi connectivity index (χ0v) is 10.4. The van der Waals surface area contributed by atoms with Crippen LogP contribution in [0.4, 0.5) is 5.95 Å². The SMILES string of the molecule is CCCC(CCN)CCC(=O)Nc1ncc[nH]1. The van der Waals surface area contributed by atoms with Gasteiger partial charge in [0.2, 0.25) is 11.9 Å². The van der Waals surface area contributed by atoms with Crippen LogP contribution in [0.3, 0.4) is 0 Å². The Morgan fingerprint density at radius 1 is 1.53 bits per heavy atom. The predicted molar refractivity (Wildman–Crippen MR) is 68.5 cm³/mol. The molecule has 1 aromatic rings. The maximum Gasteiger partial charge on any atom is 0.226 e. The topological polar surface area (TPSA) is 83.8 Å². The Labute approximate surface area is 102 Å². The monoisotopic (exact) mass is 238 g/mol. The van der Waals surface area contributed by atoms with Crippen LogP contribution < -0.4 is 11.1 Å². The molecule has 0 bridgehead atoms. The highest BCUT2D eigenvalue weighted by atomic mass is 16.1. The summed E-state index contributed by atoms with van der Waals surface area (Å²) >= 11 is 0. The molecule has 5 nitrogen and oxygen atoms in total. The standard InChI is InChI=1S/C12H22N4O/c1-2-3-10(6-7-13)4-5-11(17)16-12-14-8-9-15-12/h8-10H,2-7,13H2,1H3,(H2,14,15,16,17). The molecule has 1 rings (SSSR count). The average Bonchev–Trinajstić information content (AvgIpc) is 2.79. The Kier molecular flexibility index (Phi) is 6.32. The van der Waals surface area contributed by atoms with Gasteiger partial charge in [-0.25, -0.2) is 4.98 Å². The molecule has 1 atom stereocenters. The van der Waals surface area contributed by atoms with Gasteiger partial charge in [-0.3, -0.25) is 10.1 Å². The van der Waals surface area contributed by atoms with Crippen LogP contribution in [0.15, 0.2) is 12.4 Å². The second-order valence-corrected chi connectivity index (χ2v) is 4.26. The van der Waals surface area contributed by atoms with Crippen LogP contribution in [0.25, 0.3) is 0 Å². The van der Waals surface area contributed by atoms with Crippen molar-refractivity contribution in [3.63, 3.8) is 0 Å². The van der Waals surface area contributed by atoms with E-state index in [4.69, 9.17) is 5.73 Å². The van der Waals surface area contributed by atoms with Gasteiger partial charge in [0.05, 0.1) is 0 Å². The van der Waals surface area contributed by atoms with E-state index in [1.807, 2.05) is 0 Å². The van der Waals surface area contributed by atoms with Crippen molar-refractivity contribution in [3.8, 4) is 0 Å². The highest BCUT2D eigenvalue weighted by Gasteiger charge is 2.10. The van der Waals surface area contributed by atoms with E-state index in [0.29, 0.717) is 24.8 Å². The molecule has 0 fully saturated rings. The van der Waals surface area contributed by atoms with Crippen LogP contribution in [0.5, 0.6) is 0 Å². The van der Waals surface area contributed by atoms with E-state index in [1.54, 1.807) is 12.4 Å². The second-order valence-electron chi connectivity index (χ2n) is 4.26. The minimum atomic E-state index is 0.0121. The van der Waals surface area contributed by atoms with Crippen LogP contribution >= 0.6 is 0 Å². The summed E-state index contributed by atoms with van der Waals surface area (Å²) in [5.41, 5.74) is 5.56. The van der Waals surface area contributed by atoms with Gasteiger partial charge in [-0.05, 0) is 25.3 Å². The fourth-order valence-electron chi connectivity index (χ4n) is 1.94. The Hall–Kier alpha value is -1.36. The van der Waals surface area contributed by atoms with Crippen LogP contribution in [0.2, 0.25) is 0 Å². The number of carbonyl (C=O) groups is 1. The first-order valence-electron chi connectivity index (χ1n) is 6.25. The molecule has 1 heterocycles. The number of nitrogens with two attached hydrogens (primary N) is 1. The summed E-state index contributed by atoms with van der Waals surface area (Å²) in [6, 6.07) is 0. The summed E-state index contributed by atoms with van der Waals surface area (Å²) in [6.45, 7) is 2.86. The lowest BCUT2D eigenvalue weighted by atomic mass is 9.94. The van der Waals surface area contributed by atoms with Crippen molar-refractivity contribution in [2.24, 2.45) is 11.7 Å². The highest BCUT2D eigenvalue weighted by Crippen LogP contribution is 2.17. The minimum Gasteiger partial charge on any atom is -0.331 e. The molecule has 1 amide bonds. The number of hydrogen-bond acceptors (Lipinski definition) is 3. The lowest BCUT2D eigenvalue weighted by Crippen LogP contribution is -2.16. The summed E-state index contributed by atoms with van der Waals surface area (Å²) in [5.74, 6) is 1.09. The Balaban J connectivity index is 2.25. The highest BCUT2D eigenvalue weighted by molar-refractivity contribution is 5.88. The lowest BCUT2D eigenvalue weighted by Gasteiger charge is -2.14. The van der Waals surface area contributed by atoms with Crippen molar-refractivity contribution in [3.05, 3.63) is 12.4 Å². The molecule has 0 aromatic carbocycles. The largest absolute Gasteiger partial charge is 0.331 e. The second kappa shape index (κ2) is 7.84. The van der Waals surface area contributed by atoms with E-state index in [2.05, 4.69) is 22.2 Å². The smallest absolute Gasteiger partial charge is 0.226 e. The molecule has 0 saturated carbocycles. The summed E-state index contributed by atoms with van der Waals surface area (Å²) in [6.07, 6.45) is 8.02. The number of carbonyl (C=O) groups excluding carboxylic acids is 1. The molecule has 0 spiro atoms. The molecule has 96 valence electrons. The van der Waals surface area contributed by atoms with Crippen LogP contribution in [-0.2, 0) is 4.79 Å². The zero-order chi connectivity index (χ0) is 12.5. The predicted octanol–water partition coefficient (Wildman–Crippen LogP) is 1.89. The molecule has 0 radical (unpaired) electrons. The van der Waals surface area contributed by atoms with Crippen molar-refractivity contribution in [2.45, 2.75) is 39.0 Å². The first kappa shape index (κ1) is 13.7. The molecule has 1 aromatic heterocycles. The average molecular weight is 238 g/mol. The number of nitrogens with one attached hydrogen (secondary N) is 2. The number of H-pyrrole nitrogens is 1. The zero-order valence-electron chi connectivity index (χ0n) is 10.4. The quantitative estimate of drug-likeness (QED) is 0.646. The van der Waals surface area contributed by atoms with Crippen LogP contribution in [0.1, 0.15) is 39.0 Å². The third-order valence-electron chi connectivity index (χ3n) is 2.81. The van der Waals surface area contributed by atoms with E-state index < -0.39 is 0 Å². The molecule has 4 N–H and O–H groups in total. The number of aromatic nitrogens is 2. The van der Waals surface area contributed by atoms with E-state index in [-0.39, 0.29) is 5.91 Å². The van der Waals surface area contributed by atoms with E-state index in [9.17, 15) is 4.79 Å². The molecule has 5 heteroatoms. The van der Waals surface area contributed by atoms with E-state index in [0.717, 1.165) is 25.7 Å². The molecule has 0 aliphatic rings. The Morgan fingerprint density at radius 3 is 2.94 bits per heavy atom. The fraction of sp³-hybridized carbons (Fsp3) is 0.667. The van der Waals surface area contributed by atoms with Gasteiger partial charge >= 0.3 is 0 Å². The van der Waals surface area contributed by atoms with Crippen LogP contribution in [0, 0.1) is 5.92 Å². The number of anilines is 1. The van der Waals surface area contributed by atoms with Gasteiger partial charge in [-0.15, -0.1) is 0 Å². The molecule has 0 saturated heterocycles. The van der Waals surface area contributed by atoms with Crippen LogP contribution in [-0.4, -0.2) is 22.4 Å². The normalized spacial score (nSPS) is 12.4. The Bertz CT molecular complexity index is 304. The molecule has 1 unspecified atom stereocenters. The third kappa shape index (κ3) is 5.49. The van der Waals surface area contributed by atoms with Gasteiger partial charge < -0.3 is 10.7 Å². The number of nitrogens with zero attached hydrogens (tertiary/aromatic N) is 1. The molecule has 17 heavy (non-hydrogen) atoms. The van der Waals surface area contributed by atoms with Gasteiger partial charge in [0.15, 0.2) is 0 Å². The third-order valence-corrected chi connectivity index (χ3v) is 2.81. The number of rotatable bonds is 8. The van der Waals surface area contributed by atoms with Crippen molar-refractivity contribution in [1.29, 1.82) is 0 Å². The maximum absolute atomic E-state index is 11.6. The van der Waals surface area contributed by atoms with Gasteiger partial charge in [0.25, 0.3) is 0 Å². The lowest BCUT2D eigenvalue weighted by molar-refractivity contribution is -0.116.